The number of aromatic nitrogens is 1. The van der Waals surface area contributed by atoms with E-state index in [4.69, 9.17) is 16.3 Å². The number of fused-ring (bicyclic) bond motifs is 1. The average Bonchev–Trinajstić information content (AvgIpc) is 2.76. The Kier molecular flexibility index (Phi) is 3.36. The number of benzene rings is 2. The number of hydrogen-bond acceptors (Lipinski definition) is 1. The number of para-hydroxylation sites is 1. The molecule has 0 fully saturated rings. The van der Waals surface area contributed by atoms with Crippen molar-refractivity contribution in [1.29, 1.82) is 0 Å². The quantitative estimate of drug-likeness (QED) is 0.690. The Morgan fingerprint density at radius 2 is 1.90 bits per heavy atom. The molecule has 1 aromatic heterocycles. The third kappa shape index (κ3) is 2.37. The van der Waals surface area contributed by atoms with E-state index < -0.39 is 0 Å². The first-order chi connectivity index (χ1) is 9.65. The summed E-state index contributed by atoms with van der Waals surface area (Å²) in [6.45, 7) is 0.420. The van der Waals surface area contributed by atoms with Crippen LogP contribution in [0.5, 0.6) is 5.75 Å². The number of rotatable bonds is 3. The SMILES string of the molecule is Cn1cc(COc2ccc(F)cc2)c2cccc(Cl)c21. The van der Waals surface area contributed by atoms with Gasteiger partial charge in [-0.2, -0.15) is 0 Å². The minimum atomic E-state index is -0.269. The van der Waals surface area contributed by atoms with Crippen molar-refractivity contribution in [1.82, 2.24) is 4.57 Å². The molecule has 0 amide bonds. The highest BCUT2D eigenvalue weighted by Crippen LogP contribution is 2.28. The molecule has 0 aliphatic carbocycles. The van der Waals surface area contributed by atoms with Crippen LogP contribution in [0.2, 0.25) is 5.02 Å². The van der Waals surface area contributed by atoms with Gasteiger partial charge in [-0.25, -0.2) is 4.39 Å². The molecule has 0 aliphatic heterocycles. The van der Waals surface area contributed by atoms with Gasteiger partial charge in [-0.1, -0.05) is 23.7 Å². The maximum absolute atomic E-state index is 12.8. The van der Waals surface area contributed by atoms with Crippen LogP contribution in [-0.2, 0) is 13.7 Å². The van der Waals surface area contributed by atoms with Gasteiger partial charge in [-0.05, 0) is 30.3 Å². The summed E-state index contributed by atoms with van der Waals surface area (Å²) in [7, 11) is 1.95. The lowest BCUT2D eigenvalue weighted by atomic mass is 10.2. The van der Waals surface area contributed by atoms with Crippen LogP contribution in [0, 0.1) is 5.82 Å². The minimum Gasteiger partial charge on any atom is -0.489 e. The van der Waals surface area contributed by atoms with E-state index in [-0.39, 0.29) is 5.82 Å². The molecule has 0 bridgehead atoms. The number of nitrogens with zero attached hydrogens (tertiary/aromatic N) is 1. The molecule has 0 radical (unpaired) electrons. The molecule has 0 N–H and O–H groups in total. The average molecular weight is 290 g/mol. The molecule has 2 nitrogen and oxygen atoms in total. The monoisotopic (exact) mass is 289 g/mol. The first-order valence-corrected chi connectivity index (χ1v) is 6.64. The summed E-state index contributed by atoms with van der Waals surface area (Å²) in [5.41, 5.74) is 2.04. The van der Waals surface area contributed by atoms with Gasteiger partial charge in [0.25, 0.3) is 0 Å². The van der Waals surface area contributed by atoms with Gasteiger partial charge in [0, 0.05) is 24.2 Å². The van der Waals surface area contributed by atoms with E-state index >= 15 is 0 Å². The normalized spacial score (nSPS) is 10.9. The van der Waals surface area contributed by atoms with Gasteiger partial charge in [0.1, 0.15) is 18.2 Å². The Morgan fingerprint density at radius 1 is 1.15 bits per heavy atom. The summed E-state index contributed by atoms with van der Waals surface area (Å²) in [6.07, 6.45) is 2.00. The van der Waals surface area contributed by atoms with Crippen molar-refractivity contribution >= 4 is 22.5 Å². The topological polar surface area (TPSA) is 14.2 Å². The second kappa shape index (κ2) is 5.17. The summed E-state index contributed by atoms with van der Waals surface area (Å²) in [5, 5.41) is 1.79. The highest BCUT2D eigenvalue weighted by atomic mass is 35.5. The molecule has 2 aromatic carbocycles. The number of ether oxygens (including phenoxy) is 1. The fraction of sp³-hybridized carbons (Fsp3) is 0.125. The summed E-state index contributed by atoms with van der Waals surface area (Å²) >= 11 is 6.21. The second-order valence-corrected chi connectivity index (χ2v) is 5.05. The van der Waals surface area contributed by atoms with Gasteiger partial charge in [0.05, 0.1) is 10.5 Å². The van der Waals surface area contributed by atoms with E-state index in [1.165, 1.54) is 12.1 Å². The maximum atomic E-state index is 12.8. The molecule has 0 saturated carbocycles. The van der Waals surface area contributed by atoms with Crippen molar-refractivity contribution < 1.29 is 9.13 Å². The number of hydrogen-bond donors (Lipinski definition) is 0. The smallest absolute Gasteiger partial charge is 0.123 e. The van der Waals surface area contributed by atoms with E-state index in [2.05, 4.69) is 0 Å². The summed E-state index contributed by atoms with van der Waals surface area (Å²) in [6, 6.07) is 11.8. The zero-order valence-corrected chi connectivity index (χ0v) is 11.7. The van der Waals surface area contributed by atoms with Crippen LogP contribution in [0.3, 0.4) is 0 Å². The van der Waals surface area contributed by atoms with Crippen molar-refractivity contribution in [3.05, 3.63) is 65.1 Å². The predicted octanol–water partition coefficient (Wildman–Crippen LogP) is 4.55. The first kappa shape index (κ1) is 13.0. The van der Waals surface area contributed by atoms with E-state index in [0.717, 1.165) is 21.5 Å². The van der Waals surface area contributed by atoms with Gasteiger partial charge >= 0.3 is 0 Å². The molecule has 3 rings (SSSR count). The number of aryl methyl sites for hydroxylation is 1. The Morgan fingerprint density at radius 3 is 2.65 bits per heavy atom. The Balaban J connectivity index is 1.88. The Bertz CT molecular complexity index is 749. The lowest BCUT2D eigenvalue weighted by Crippen LogP contribution is -1.94. The fourth-order valence-corrected chi connectivity index (χ4v) is 2.62. The van der Waals surface area contributed by atoms with Crippen LogP contribution in [0.25, 0.3) is 10.9 Å². The van der Waals surface area contributed by atoms with Crippen molar-refractivity contribution in [2.75, 3.05) is 0 Å². The second-order valence-electron chi connectivity index (χ2n) is 4.64. The molecule has 0 saturated heterocycles. The summed E-state index contributed by atoms with van der Waals surface area (Å²) in [4.78, 5) is 0. The van der Waals surface area contributed by atoms with Crippen molar-refractivity contribution in [3.8, 4) is 5.75 Å². The first-order valence-electron chi connectivity index (χ1n) is 6.26. The lowest BCUT2D eigenvalue weighted by Gasteiger charge is -2.05. The molecule has 3 aromatic rings. The van der Waals surface area contributed by atoms with Gasteiger partial charge < -0.3 is 9.30 Å². The Hall–Kier alpha value is -2.00. The standard InChI is InChI=1S/C16H13ClFNO/c1-19-9-11(14-3-2-4-15(17)16(14)19)10-20-13-7-5-12(18)6-8-13/h2-9H,10H2,1H3. The van der Waals surface area contributed by atoms with E-state index in [1.807, 2.05) is 36.0 Å². The highest BCUT2D eigenvalue weighted by molar-refractivity contribution is 6.35. The van der Waals surface area contributed by atoms with E-state index in [1.54, 1.807) is 12.1 Å². The highest BCUT2D eigenvalue weighted by Gasteiger charge is 2.09. The lowest BCUT2D eigenvalue weighted by molar-refractivity contribution is 0.307. The molecular formula is C16H13ClFNO. The molecule has 102 valence electrons. The van der Waals surface area contributed by atoms with Crippen LogP contribution in [0.1, 0.15) is 5.56 Å². The van der Waals surface area contributed by atoms with E-state index in [9.17, 15) is 4.39 Å². The predicted molar refractivity (Wildman–Crippen MR) is 78.7 cm³/mol. The maximum Gasteiger partial charge on any atom is 0.123 e. The molecule has 20 heavy (non-hydrogen) atoms. The van der Waals surface area contributed by atoms with Crippen LogP contribution >= 0.6 is 11.6 Å². The number of halogens is 2. The molecule has 1 heterocycles. The van der Waals surface area contributed by atoms with Gasteiger partial charge in [-0.15, -0.1) is 0 Å². The van der Waals surface area contributed by atoms with Crippen LogP contribution in [0.15, 0.2) is 48.7 Å². The zero-order valence-electron chi connectivity index (χ0n) is 10.9. The van der Waals surface area contributed by atoms with E-state index in [0.29, 0.717) is 12.4 Å². The summed E-state index contributed by atoms with van der Waals surface area (Å²) < 4.78 is 20.5. The molecular weight excluding hydrogens is 277 g/mol. The molecule has 0 aliphatic rings. The molecule has 0 unspecified atom stereocenters. The zero-order chi connectivity index (χ0) is 14.1. The molecule has 0 atom stereocenters. The van der Waals surface area contributed by atoms with Crippen LogP contribution < -0.4 is 4.74 Å². The third-order valence-electron chi connectivity index (χ3n) is 3.24. The van der Waals surface area contributed by atoms with Crippen LogP contribution in [-0.4, -0.2) is 4.57 Å². The van der Waals surface area contributed by atoms with Crippen LogP contribution in [0.4, 0.5) is 4.39 Å². The molecule has 4 heteroatoms. The molecule has 0 spiro atoms. The fourth-order valence-electron chi connectivity index (χ4n) is 2.31. The summed E-state index contributed by atoms with van der Waals surface area (Å²) in [5.74, 6) is 0.375. The van der Waals surface area contributed by atoms with Crippen molar-refractivity contribution in [3.63, 3.8) is 0 Å². The van der Waals surface area contributed by atoms with Crippen molar-refractivity contribution in [2.24, 2.45) is 7.05 Å². The third-order valence-corrected chi connectivity index (χ3v) is 3.55. The largest absolute Gasteiger partial charge is 0.489 e. The van der Waals surface area contributed by atoms with Crippen molar-refractivity contribution in [2.45, 2.75) is 6.61 Å². The Labute approximate surface area is 121 Å². The van der Waals surface area contributed by atoms with Gasteiger partial charge in [-0.3, -0.25) is 0 Å². The van der Waals surface area contributed by atoms with Gasteiger partial charge in [0.15, 0.2) is 0 Å². The van der Waals surface area contributed by atoms with Gasteiger partial charge in [0.2, 0.25) is 0 Å². The minimum absolute atomic E-state index is 0.269.